The molecule has 154 valence electrons. The van der Waals surface area contributed by atoms with Crippen molar-refractivity contribution < 1.29 is 19.1 Å². The van der Waals surface area contributed by atoms with E-state index in [0.717, 1.165) is 5.56 Å². The summed E-state index contributed by atoms with van der Waals surface area (Å²) in [6.07, 6.45) is 0.872. The van der Waals surface area contributed by atoms with Gasteiger partial charge in [0.15, 0.2) is 0 Å². The highest BCUT2D eigenvalue weighted by Crippen LogP contribution is 2.21. The van der Waals surface area contributed by atoms with Crippen LogP contribution in [0.15, 0.2) is 53.6 Å². The van der Waals surface area contributed by atoms with Crippen LogP contribution in [0.1, 0.15) is 37.4 Å². The summed E-state index contributed by atoms with van der Waals surface area (Å²) in [7, 11) is 0. The van der Waals surface area contributed by atoms with Crippen molar-refractivity contribution in [3.63, 3.8) is 0 Å². The number of hydrogen-bond donors (Lipinski definition) is 2. The van der Waals surface area contributed by atoms with E-state index in [2.05, 4.69) is 15.8 Å². The fraction of sp³-hybridized carbons (Fsp3) is 0.286. The Bertz CT molecular complexity index is 843. The van der Waals surface area contributed by atoms with Gasteiger partial charge in [-0.3, -0.25) is 4.79 Å². The highest BCUT2D eigenvalue weighted by Gasteiger charge is 2.18. The lowest BCUT2D eigenvalue weighted by atomic mass is 10.0. The minimum Gasteiger partial charge on any atom is -0.493 e. The predicted molar refractivity (Wildman–Crippen MR) is 112 cm³/mol. The van der Waals surface area contributed by atoms with Crippen molar-refractivity contribution in [2.75, 3.05) is 13.2 Å². The molecule has 2 amide bonds. The van der Waals surface area contributed by atoms with Crippen molar-refractivity contribution in [1.29, 1.82) is 0 Å². The Hall–Kier alpha value is -3.06. The van der Waals surface area contributed by atoms with E-state index in [-0.39, 0.29) is 18.9 Å². The molecule has 0 saturated carbocycles. The number of nitrogens with zero attached hydrogens (tertiary/aromatic N) is 1. The standard InChI is InChI=1S/C21H24ClN3O4/c1-3-28-19-11-10-17(22)12-16(19)14-23-25-20(26)13-18(24-21(27)29-4-2)15-8-6-5-7-9-15/h5-12,14,18H,3-4,13H2,1-2H3,(H,24,27)(H,25,26)/b23-14-/t18-/m1/s1. The second kappa shape index (κ2) is 11.7. The monoisotopic (exact) mass is 417 g/mol. The molecule has 8 heteroatoms. The third-order valence-corrected chi connectivity index (χ3v) is 4.06. The number of hydrogen-bond acceptors (Lipinski definition) is 5. The van der Waals surface area contributed by atoms with Gasteiger partial charge >= 0.3 is 6.09 Å². The highest BCUT2D eigenvalue weighted by molar-refractivity contribution is 6.30. The van der Waals surface area contributed by atoms with Crippen molar-refractivity contribution in [3.8, 4) is 5.75 Å². The number of amides is 2. The van der Waals surface area contributed by atoms with Gasteiger partial charge in [0.2, 0.25) is 5.91 Å². The molecule has 0 aliphatic rings. The second-order valence-corrected chi connectivity index (χ2v) is 6.38. The Labute approximate surface area is 175 Å². The van der Waals surface area contributed by atoms with Crippen LogP contribution in [0, 0.1) is 0 Å². The van der Waals surface area contributed by atoms with Crippen LogP contribution in [0.2, 0.25) is 5.02 Å². The van der Waals surface area contributed by atoms with Crippen molar-refractivity contribution >= 4 is 29.8 Å². The number of alkyl carbamates (subject to hydrolysis) is 1. The molecule has 0 fully saturated rings. The summed E-state index contributed by atoms with van der Waals surface area (Å²) < 4.78 is 10.4. The highest BCUT2D eigenvalue weighted by atomic mass is 35.5. The van der Waals surface area contributed by atoms with Crippen LogP contribution in [-0.2, 0) is 9.53 Å². The molecule has 0 aromatic heterocycles. The predicted octanol–water partition coefficient (Wildman–Crippen LogP) is 4.07. The Morgan fingerprint density at radius 1 is 1.14 bits per heavy atom. The molecule has 0 unspecified atom stereocenters. The molecule has 2 aromatic rings. The first-order valence-corrected chi connectivity index (χ1v) is 9.63. The number of halogens is 1. The van der Waals surface area contributed by atoms with E-state index in [1.165, 1.54) is 6.21 Å². The molecule has 29 heavy (non-hydrogen) atoms. The maximum Gasteiger partial charge on any atom is 0.407 e. The number of rotatable bonds is 9. The van der Waals surface area contributed by atoms with E-state index in [4.69, 9.17) is 21.1 Å². The third-order valence-electron chi connectivity index (χ3n) is 3.82. The summed E-state index contributed by atoms with van der Waals surface area (Å²) in [5, 5.41) is 7.21. The molecule has 0 saturated heterocycles. The SMILES string of the molecule is CCOC(=O)N[C@H](CC(=O)N/N=C\c1cc(Cl)ccc1OCC)c1ccccc1. The molecule has 2 N–H and O–H groups in total. The Morgan fingerprint density at radius 2 is 1.90 bits per heavy atom. The van der Waals surface area contributed by atoms with Crippen LogP contribution in [-0.4, -0.2) is 31.4 Å². The van der Waals surface area contributed by atoms with Gasteiger partial charge in [0.05, 0.1) is 31.9 Å². The number of nitrogens with one attached hydrogen (secondary N) is 2. The normalized spacial score (nSPS) is 11.7. The van der Waals surface area contributed by atoms with Crippen molar-refractivity contribution in [2.45, 2.75) is 26.3 Å². The first-order valence-electron chi connectivity index (χ1n) is 9.26. The molecule has 1 atom stereocenters. The van der Waals surface area contributed by atoms with Gasteiger partial charge < -0.3 is 14.8 Å². The molecule has 0 heterocycles. The molecule has 0 aliphatic carbocycles. The first-order chi connectivity index (χ1) is 14.0. The van der Waals surface area contributed by atoms with E-state index >= 15 is 0 Å². The lowest BCUT2D eigenvalue weighted by Crippen LogP contribution is -2.33. The molecule has 0 spiro atoms. The van der Waals surface area contributed by atoms with Crippen LogP contribution in [0.5, 0.6) is 5.75 Å². The number of hydrazone groups is 1. The molecule has 2 rings (SSSR count). The van der Waals surface area contributed by atoms with Gasteiger partial charge in [-0.2, -0.15) is 5.10 Å². The van der Waals surface area contributed by atoms with Gasteiger partial charge in [0.25, 0.3) is 0 Å². The van der Waals surface area contributed by atoms with E-state index in [1.54, 1.807) is 25.1 Å². The largest absolute Gasteiger partial charge is 0.493 e. The summed E-state index contributed by atoms with van der Waals surface area (Å²) in [6.45, 7) is 4.32. The van der Waals surface area contributed by atoms with Gasteiger partial charge in [0.1, 0.15) is 5.75 Å². The molecule has 2 aromatic carbocycles. The molecule has 0 radical (unpaired) electrons. The topological polar surface area (TPSA) is 89.0 Å². The minimum atomic E-state index is -0.585. The first kappa shape index (κ1) is 22.2. The van der Waals surface area contributed by atoms with Gasteiger partial charge in [0, 0.05) is 10.6 Å². The molecular formula is C21H24ClN3O4. The summed E-state index contributed by atoms with van der Waals surface area (Å²) >= 11 is 6.01. The smallest absolute Gasteiger partial charge is 0.407 e. The summed E-state index contributed by atoms with van der Waals surface area (Å²) in [5.41, 5.74) is 3.89. The van der Waals surface area contributed by atoms with Gasteiger partial charge in [-0.1, -0.05) is 41.9 Å². The van der Waals surface area contributed by atoms with Crippen LogP contribution >= 0.6 is 11.6 Å². The summed E-state index contributed by atoms with van der Waals surface area (Å²) in [5.74, 6) is 0.243. The second-order valence-electron chi connectivity index (χ2n) is 5.94. The number of carbonyl (C=O) groups excluding carboxylic acids is 2. The number of benzene rings is 2. The van der Waals surface area contributed by atoms with E-state index < -0.39 is 12.1 Å². The average molecular weight is 418 g/mol. The number of carbonyl (C=O) groups is 2. The van der Waals surface area contributed by atoms with E-state index in [9.17, 15) is 9.59 Å². The van der Waals surface area contributed by atoms with Crippen molar-refractivity contribution in [3.05, 3.63) is 64.7 Å². The summed E-state index contributed by atoms with van der Waals surface area (Å²) in [4.78, 5) is 24.2. The summed E-state index contributed by atoms with van der Waals surface area (Å²) in [6, 6.07) is 13.8. The van der Waals surface area contributed by atoms with Crippen LogP contribution in [0.4, 0.5) is 4.79 Å². The van der Waals surface area contributed by atoms with Gasteiger partial charge in [-0.25, -0.2) is 10.2 Å². The average Bonchev–Trinajstić information content (AvgIpc) is 2.70. The zero-order chi connectivity index (χ0) is 21.1. The van der Waals surface area contributed by atoms with E-state index in [0.29, 0.717) is 22.9 Å². The molecular weight excluding hydrogens is 394 g/mol. The zero-order valence-electron chi connectivity index (χ0n) is 16.4. The lowest BCUT2D eigenvalue weighted by molar-refractivity contribution is -0.121. The molecule has 0 aliphatic heterocycles. The minimum absolute atomic E-state index is 0.00592. The maximum atomic E-state index is 12.4. The van der Waals surface area contributed by atoms with Gasteiger partial charge in [-0.15, -0.1) is 0 Å². The third kappa shape index (κ3) is 7.46. The van der Waals surface area contributed by atoms with E-state index in [1.807, 2.05) is 37.3 Å². The van der Waals surface area contributed by atoms with Crippen LogP contribution in [0.3, 0.4) is 0 Å². The van der Waals surface area contributed by atoms with Crippen molar-refractivity contribution in [2.24, 2.45) is 5.10 Å². The lowest BCUT2D eigenvalue weighted by Gasteiger charge is -2.18. The fourth-order valence-electron chi connectivity index (χ4n) is 2.56. The zero-order valence-corrected chi connectivity index (χ0v) is 17.1. The Morgan fingerprint density at radius 3 is 2.59 bits per heavy atom. The van der Waals surface area contributed by atoms with Crippen LogP contribution in [0.25, 0.3) is 0 Å². The maximum absolute atomic E-state index is 12.4. The quantitative estimate of drug-likeness (QED) is 0.475. The van der Waals surface area contributed by atoms with Gasteiger partial charge in [-0.05, 0) is 37.6 Å². The Kier molecular flexibility index (Phi) is 8.98. The molecule has 7 nitrogen and oxygen atoms in total. The number of ether oxygens (including phenoxy) is 2. The van der Waals surface area contributed by atoms with Crippen LogP contribution < -0.4 is 15.5 Å². The van der Waals surface area contributed by atoms with Crippen molar-refractivity contribution in [1.82, 2.24) is 10.7 Å². The fourth-order valence-corrected chi connectivity index (χ4v) is 2.75. The molecule has 0 bridgehead atoms. The Balaban J connectivity index is 2.04.